The van der Waals surface area contributed by atoms with E-state index in [1.807, 2.05) is 0 Å². The van der Waals surface area contributed by atoms with Gasteiger partial charge in [0.05, 0.1) is 12.6 Å². The quantitative estimate of drug-likeness (QED) is 0.464. The van der Waals surface area contributed by atoms with Crippen molar-refractivity contribution in [3.05, 3.63) is 0 Å². The zero-order valence-corrected chi connectivity index (χ0v) is 7.01. The van der Waals surface area contributed by atoms with E-state index in [1.54, 1.807) is 0 Å². The third kappa shape index (κ3) is 1.96. The van der Waals surface area contributed by atoms with E-state index >= 15 is 0 Å². The lowest BCUT2D eigenvalue weighted by Crippen LogP contribution is -2.43. The Morgan fingerprint density at radius 2 is 2.15 bits per heavy atom. The number of carboxylic acids is 1. The van der Waals surface area contributed by atoms with E-state index in [9.17, 15) is 9.59 Å². The Hall–Kier alpha value is -1.14. The van der Waals surface area contributed by atoms with Gasteiger partial charge in [-0.15, -0.1) is 0 Å². The molecule has 0 aromatic heterocycles. The van der Waals surface area contributed by atoms with Crippen molar-refractivity contribution in [3.63, 3.8) is 0 Å². The van der Waals surface area contributed by atoms with Gasteiger partial charge in [0.1, 0.15) is 6.04 Å². The van der Waals surface area contributed by atoms with Crippen LogP contribution in [0.1, 0.15) is 6.42 Å². The van der Waals surface area contributed by atoms with Crippen molar-refractivity contribution in [3.8, 4) is 0 Å². The van der Waals surface area contributed by atoms with E-state index < -0.39 is 24.0 Å². The molecule has 0 saturated carbocycles. The van der Waals surface area contributed by atoms with Crippen molar-refractivity contribution in [1.29, 1.82) is 0 Å². The van der Waals surface area contributed by atoms with Gasteiger partial charge in [-0.2, -0.15) is 0 Å². The topological polar surface area (TPSA) is 104 Å². The van der Waals surface area contributed by atoms with Crippen molar-refractivity contribution in [2.45, 2.75) is 18.6 Å². The number of aliphatic carboxylic acids is 1. The number of aliphatic hydroxyl groups excluding tert-OH is 1. The van der Waals surface area contributed by atoms with Crippen LogP contribution in [0.15, 0.2) is 0 Å². The van der Waals surface area contributed by atoms with Gasteiger partial charge in [-0.1, -0.05) is 0 Å². The monoisotopic (exact) mass is 188 g/mol. The van der Waals surface area contributed by atoms with Gasteiger partial charge in [0.2, 0.25) is 5.91 Å². The van der Waals surface area contributed by atoms with E-state index in [2.05, 4.69) is 0 Å². The highest BCUT2D eigenvalue weighted by Crippen LogP contribution is 2.17. The van der Waals surface area contributed by atoms with Gasteiger partial charge in [0, 0.05) is 13.0 Å². The molecule has 2 atom stereocenters. The normalized spacial score (nSPS) is 27.7. The summed E-state index contributed by atoms with van der Waals surface area (Å²) in [6.45, 7) is -0.163. The molecule has 74 valence electrons. The summed E-state index contributed by atoms with van der Waals surface area (Å²) in [5.74, 6) is -1.54. The maximum absolute atomic E-state index is 11.1. The standard InChI is InChI=1S/C7H12N2O4/c8-2-6(11)9-3-4(10)1-5(9)7(12)13/h4-5,10H,1-3,8H2,(H,12,13)/t4?,5-/m1/s1. The van der Waals surface area contributed by atoms with Crippen molar-refractivity contribution >= 4 is 11.9 Å². The molecule has 1 heterocycles. The summed E-state index contributed by atoms with van der Waals surface area (Å²) in [6.07, 6.45) is -0.669. The van der Waals surface area contributed by atoms with Crippen LogP contribution in [-0.2, 0) is 9.59 Å². The lowest BCUT2D eigenvalue weighted by Gasteiger charge is -2.19. The van der Waals surface area contributed by atoms with E-state index in [0.717, 1.165) is 4.90 Å². The number of likely N-dealkylation sites (tertiary alicyclic amines) is 1. The molecule has 1 aliphatic rings. The van der Waals surface area contributed by atoms with Crippen LogP contribution in [0, 0.1) is 0 Å². The fourth-order valence-corrected chi connectivity index (χ4v) is 1.44. The lowest BCUT2D eigenvalue weighted by molar-refractivity contribution is -0.147. The summed E-state index contributed by atoms with van der Waals surface area (Å²) < 4.78 is 0. The first-order chi connectivity index (χ1) is 6.06. The zero-order chi connectivity index (χ0) is 10.0. The van der Waals surface area contributed by atoms with Crippen LogP contribution < -0.4 is 5.73 Å². The summed E-state index contributed by atoms with van der Waals surface area (Å²) >= 11 is 0. The first kappa shape index (κ1) is 9.94. The van der Waals surface area contributed by atoms with Gasteiger partial charge in [-0.05, 0) is 0 Å². The van der Waals surface area contributed by atoms with Gasteiger partial charge in [0.25, 0.3) is 0 Å². The molecule has 1 saturated heterocycles. The minimum atomic E-state index is -1.10. The second kappa shape index (κ2) is 3.71. The van der Waals surface area contributed by atoms with Crippen LogP contribution in [0.5, 0.6) is 0 Å². The molecule has 4 N–H and O–H groups in total. The highest BCUT2D eigenvalue weighted by molar-refractivity contribution is 5.85. The van der Waals surface area contributed by atoms with Crippen LogP contribution in [-0.4, -0.2) is 52.2 Å². The smallest absolute Gasteiger partial charge is 0.326 e. The predicted molar refractivity (Wildman–Crippen MR) is 42.8 cm³/mol. The molecule has 0 spiro atoms. The molecule has 1 aliphatic heterocycles. The molecule has 6 nitrogen and oxygen atoms in total. The number of rotatable bonds is 2. The summed E-state index contributed by atoms with van der Waals surface area (Å²) in [4.78, 5) is 22.8. The molecule has 0 aliphatic carbocycles. The molecule has 13 heavy (non-hydrogen) atoms. The maximum atomic E-state index is 11.1. The fraction of sp³-hybridized carbons (Fsp3) is 0.714. The van der Waals surface area contributed by atoms with E-state index in [4.69, 9.17) is 15.9 Å². The number of hydrogen-bond acceptors (Lipinski definition) is 4. The summed E-state index contributed by atoms with van der Waals surface area (Å²) in [5, 5.41) is 17.9. The molecule has 1 unspecified atom stereocenters. The maximum Gasteiger partial charge on any atom is 0.326 e. The molecule has 6 heteroatoms. The van der Waals surface area contributed by atoms with Crippen LogP contribution >= 0.6 is 0 Å². The number of nitrogens with zero attached hydrogens (tertiary/aromatic N) is 1. The van der Waals surface area contributed by atoms with Gasteiger partial charge >= 0.3 is 5.97 Å². The Labute approximate surface area is 74.9 Å². The second-order valence-electron chi connectivity index (χ2n) is 2.99. The second-order valence-corrected chi connectivity index (χ2v) is 2.99. The van der Waals surface area contributed by atoms with Crippen LogP contribution in [0.4, 0.5) is 0 Å². The number of carbonyl (C=O) groups is 2. The van der Waals surface area contributed by atoms with Crippen molar-refractivity contribution in [2.24, 2.45) is 5.73 Å². The van der Waals surface area contributed by atoms with Crippen molar-refractivity contribution < 1.29 is 19.8 Å². The number of nitrogens with two attached hydrogens (primary N) is 1. The largest absolute Gasteiger partial charge is 0.480 e. The molecular formula is C7H12N2O4. The average Bonchev–Trinajstić information content (AvgIpc) is 2.46. The van der Waals surface area contributed by atoms with Crippen LogP contribution in [0.25, 0.3) is 0 Å². The first-order valence-electron chi connectivity index (χ1n) is 3.96. The Morgan fingerprint density at radius 3 is 2.62 bits per heavy atom. The number of carbonyl (C=O) groups excluding carboxylic acids is 1. The van der Waals surface area contributed by atoms with Gasteiger partial charge in [0.15, 0.2) is 0 Å². The molecular weight excluding hydrogens is 176 g/mol. The number of β-amino-alcohol motifs (C(OH)–C–C–N with tert-alkyl or cyclic N) is 1. The van der Waals surface area contributed by atoms with Gasteiger partial charge in [-0.3, -0.25) is 4.79 Å². The van der Waals surface area contributed by atoms with Gasteiger partial charge < -0.3 is 20.8 Å². The molecule has 1 rings (SSSR count). The number of amides is 1. The lowest BCUT2D eigenvalue weighted by atomic mass is 10.2. The Bertz CT molecular complexity index is 231. The van der Waals surface area contributed by atoms with Crippen molar-refractivity contribution in [2.75, 3.05) is 13.1 Å². The number of hydrogen-bond donors (Lipinski definition) is 3. The highest BCUT2D eigenvalue weighted by atomic mass is 16.4. The minimum Gasteiger partial charge on any atom is -0.480 e. The van der Waals surface area contributed by atoms with Crippen LogP contribution in [0.3, 0.4) is 0 Å². The molecule has 1 amide bonds. The van der Waals surface area contributed by atoms with Crippen molar-refractivity contribution in [1.82, 2.24) is 4.90 Å². The van der Waals surface area contributed by atoms with E-state index in [0.29, 0.717) is 0 Å². The van der Waals surface area contributed by atoms with Gasteiger partial charge in [-0.25, -0.2) is 4.79 Å². The molecule has 0 aromatic rings. The first-order valence-corrected chi connectivity index (χ1v) is 3.96. The fourth-order valence-electron chi connectivity index (χ4n) is 1.44. The Balaban J connectivity index is 2.71. The minimum absolute atomic E-state index is 0.0625. The molecule has 0 aromatic carbocycles. The summed E-state index contributed by atoms with van der Waals surface area (Å²) in [5.41, 5.74) is 5.09. The Morgan fingerprint density at radius 1 is 1.54 bits per heavy atom. The molecule has 1 fully saturated rings. The average molecular weight is 188 g/mol. The molecule has 0 bridgehead atoms. The third-order valence-electron chi connectivity index (χ3n) is 2.06. The number of aliphatic hydroxyl groups is 1. The highest BCUT2D eigenvalue weighted by Gasteiger charge is 2.38. The Kier molecular flexibility index (Phi) is 2.84. The summed E-state index contributed by atoms with van der Waals surface area (Å²) in [7, 11) is 0. The predicted octanol–water partition coefficient (Wildman–Crippen LogP) is -2.01. The van der Waals surface area contributed by atoms with E-state index in [1.165, 1.54) is 0 Å². The number of carboxylic acid groups (broad SMARTS) is 1. The van der Waals surface area contributed by atoms with Crippen LogP contribution in [0.2, 0.25) is 0 Å². The zero-order valence-electron chi connectivity index (χ0n) is 7.01. The van der Waals surface area contributed by atoms with E-state index in [-0.39, 0.29) is 19.5 Å². The SMILES string of the molecule is NCC(=O)N1CC(O)C[C@@H]1C(=O)O. The summed E-state index contributed by atoms with van der Waals surface area (Å²) in [6, 6.07) is -0.925. The molecule has 0 radical (unpaired) electrons. The third-order valence-corrected chi connectivity index (χ3v) is 2.06.